The van der Waals surface area contributed by atoms with Gasteiger partial charge in [-0.25, -0.2) is 0 Å². The molecule has 1 aliphatic rings. The Labute approximate surface area is 162 Å². The van der Waals surface area contributed by atoms with Gasteiger partial charge in [-0.15, -0.1) is 10.2 Å². The smallest absolute Gasteiger partial charge is 0.251 e. The molecule has 7 nitrogen and oxygen atoms in total. The van der Waals surface area contributed by atoms with E-state index >= 15 is 0 Å². The Hall–Kier alpha value is -2.48. The van der Waals surface area contributed by atoms with Crippen molar-refractivity contribution >= 4 is 28.3 Å². The minimum atomic E-state index is -0.669. The fourth-order valence-electron chi connectivity index (χ4n) is 2.59. The number of anilines is 1. The van der Waals surface area contributed by atoms with Gasteiger partial charge in [0, 0.05) is 11.5 Å². The maximum atomic E-state index is 12.6. The first-order chi connectivity index (χ1) is 13.0. The number of ether oxygens (including phenoxy) is 1. The summed E-state index contributed by atoms with van der Waals surface area (Å²) in [4.78, 5) is 25.2. The molecular formula is C19H24N4O3S. The van der Waals surface area contributed by atoms with Crippen molar-refractivity contribution in [2.24, 2.45) is 5.92 Å². The summed E-state index contributed by atoms with van der Waals surface area (Å²) >= 11 is 1.40. The van der Waals surface area contributed by atoms with E-state index in [0.717, 1.165) is 17.8 Å². The lowest BCUT2D eigenvalue weighted by molar-refractivity contribution is -0.118. The summed E-state index contributed by atoms with van der Waals surface area (Å²) in [5.74, 6) is 0.529. The molecule has 2 N–H and O–H groups in total. The Morgan fingerprint density at radius 1 is 1.22 bits per heavy atom. The van der Waals surface area contributed by atoms with Crippen LogP contribution in [0.4, 0.5) is 5.13 Å². The van der Waals surface area contributed by atoms with E-state index in [9.17, 15) is 9.59 Å². The Balaban J connectivity index is 1.63. The number of carbonyl (C=O) groups excluding carboxylic acids is 2. The van der Waals surface area contributed by atoms with Gasteiger partial charge in [-0.2, -0.15) is 0 Å². The summed E-state index contributed by atoms with van der Waals surface area (Å²) in [5, 5.41) is 15.2. The lowest BCUT2D eigenvalue weighted by atomic mass is 10.0. The van der Waals surface area contributed by atoms with E-state index in [4.69, 9.17) is 4.74 Å². The van der Waals surface area contributed by atoms with Crippen molar-refractivity contribution < 1.29 is 14.3 Å². The van der Waals surface area contributed by atoms with Gasteiger partial charge in [0.1, 0.15) is 16.8 Å². The molecule has 1 atom stereocenters. The number of nitrogens with one attached hydrogen (secondary N) is 2. The van der Waals surface area contributed by atoms with E-state index in [1.54, 1.807) is 24.3 Å². The van der Waals surface area contributed by atoms with Crippen molar-refractivity contribution in [3.05, 3.63) is 34.8 Å². The van der Waals surface area contributed by atoms with Crippen LogP contribution in [0.5, 0.6) is 5.75 Å². The molecule has 1 saturated carbocycles. The predicted molar refractivity (Wildman–Crippen MR) is 104 cm³/mol. The summed E-state index contributed by atoms with van der Waals surface area (Å²) in [5.41, 5.74) is 0.476. The molecule has 0 radical (unpaired) electrons. The fraction of sp³-hybridized carbons (Fsp3) is 0.474. The van der Waals surface area contributed by atoms with E-state index in [0.29, 0.717) is 29.0 Å². The molecule has 0 saturated heterocycles. The van der Waals surface area contributed by atoms with Gasteiger partial charge in [0.15, 0.2) is 0 Å². The first-order valence-electron chi connectivity index (χ1n) is 9.16. The predicted octanol–water partition coefficient (Wildman–Crippen LogP) is 3.21. The Morgan fingerprint density at radius 2 is 1.93 bits per heavy atom. The number of benzene rings is 1. The molecule has 1 aromatic heterocycles. The van der Waals surface area contributed by atoms with Gasteiger partial charge in [0.2, 0.25) is 11.0 Å². The van der Waals surface area contributed by atoms with E-state index in [1.165, 1.54) is 11.3 Å². The summed E-state index contributed by atoms with van der Waals surface area (Å²) in [6.45, 7) is 6.24. The van der Waals surface area contributed by atoms with Crippen LogP contribution in [0.1, 0.15) is 54.9 Å². The van der Waals surface area contributed by atoms with Gasteiger partial charge in [-0.05, 0) is 49.9 Å². The Kier molecular flexibility index (Phi) is 6.05. The van der Waals surface area contributed by atoms with E-state index in [-0.39, 0.29) is 17.7 Å². The topological polar surface area (TPSA) is 93.2 Å². The van der Waals surface area contributed by atoms with Crippen LogP contribution in [0.2, 0.25) is 0 Å². The molecule has 1 heterocycles. The highest BCUT2D eigenvalue weighted by molar-refractivity contribution is 7.15. The SMILES string of the molecule is CCOc1ccc(C(=O)NC(C(=O)Nc2nnc(C3CC3)s2)C(C)C)cc1. The lowest BCUT2D eigenvalue weighted by Gasteiger charge is -2.21. The van der Waals surface area contributed by atoms with Crippen LogP contribution in [0.15, 0.2) is 24.3 Å². The molecule has 27 heavy (non-hydrogen) atoms. The minimum absolute atomic E-state index is 0.0764. The molecule has 3 rings (SSSR count). The molecule has 1 unspecified atom stereocenters. The van der Waals surface area contributed by atoms with Crippen LogP contribution in [-0.2, 0) is 4.79 Å². The monoisotopic (exact) mass is 388 g/mol. The largest absolute Gasteiger partial charge is 0.494 e. The highest BCUT2D eigenvalue weighted by Gasteiger charge is 2.29. The molecule has 8 heteroatoms. The number of aromatic nitrogens is 2. The molecule has 2 amide bonds. The summed E-state index contributed by atoms with van der Waals surface area (Å²) < 4.78 is 5.38. The number of hydrogen-bond donors (Lipinski definition) is 2. The zero-order chi connectivity index (χ0) is 19.4. The van der Waals surface area contributed by atoms with Crippen molar-refractivity contribution in [1.29, 1.82) is 0 Å². The molecule has 1 fully saturated rings. The van der Waals surface area contributed by atoms with Crippen LogP contribution in [0, 0.1) is 5.92 Å². The fourth-order valence-corrected chi connectivity index (χ4v) is 3.51. The second-order valence-electron chi connectivity index (χ2n) is 6.86. The Bertz CT molecular complexity index is 800. The second-order valence-corrected chi connectivity index (χ2v) is 7.87. The third kappa shape index (κ3) is 5.03. The number of carbonyl (C=O) groups is 2. The average molecular weight is 388 g/mol. The third-order valence-electron chi connectivity index (χ3n) is 4.26. The van der Waals surface area contributed by atoms with Crippen molar-refractivity contribution in [2.45, 2.75) is 45.6 Å². The molecular weight excluding hydrogens is 364 g/mol. The second kappa shape index (κ2) is 8.47. The first kappa shape index (κ1) is 19.3. The quantitative estimate of drug-likeness (QED) is 0.724. The number of amides is 2. The van der Waals surface area contributed by atoms with Crippen molar-refractivity contribution in [3.8, 4) is 5.75 Å². The van der Waals surface area contributed by atoms with E-state index < -0.39 is 6.04 Å². The molecule has 0 bridgehead atoms. The third-order valence-corrected chi connectivity index (χ3v) is 5.26. The van der Waals surface area contributed by atoms with Gasteiger partial charge in [-0.1, -0.05) is 25.2 Å². The van der Waals surface area contributed by atoms with Crippen LogP contribution in [-0.4, -0.2) is 34.7 Å². The average Bonchev–Trinajstić information content (AvgIpc) is 3.39. The summed E-state index contributed by atoms with van der Waals surface area (Å²) in [6.07, 6.45) is 2.27. The molecule has 2 aromatic rings. The molecule has 1 aromatic carbocycles. The van der Waals surface area contributed by atoms with Gasteiger partial charge in [0.25, 0.3) is 5.91 Å². The molecule has 0 aliphatic heterocycles. The number of nitrogens with zero attached hydrogens (tertiary/aromatic N) is 2. The highest BCUT2D eigenvalue weighted by Crippen LogP contribution is 2.42. The van der Waals surface area contributed by atoms with Crippen LogP contribution < -0.4 is 15.4 Å². The van der Waals surface area contributed by atoms with Crippen LogP contribution in [0.25, 0.3) is 0 Å². The highest BCUT2D eigenvalue weighted by atomic mass is 32.1. The summed E-state index contributed by atoms with van der Waals surface area (Å²) in [7, 11) is 0. The first-order valence-corrected chi connectivity index (χ1v) is 9.97. The number of rotatable bonds is 8. The maximum absolute atomic E-state index is 12.6. The Morgan fingerprint density at radius 3 is 2.52 bits per heavy atom. The molecule has 0 spiro atoms. The van der Waals surface area contributed by atoms with Gasteiger partial charge < -0.3 is 10.1 Å². The van der Waals surface area contributed by atoms with Crippen LogP contribution in [0.3, 0.4) is 0 Å². The van der Waals surface area contributed by atoms with Crippen molar-refractivity contribution in [1.82, 2.24) is 15.5 Å². The molecule has 1 aliphatic carbocycles. The minimum Gasteiger partial charge on any atom is -0.494 e. The molecule has 144 valence electrons. The summed E-state index contributed by atoms with van der Waals surface area (Å²) in [6, 6.07) is 6.18. The van der Waals surface area contributed by atoms with Gasteiger partial charge in [0.05, 0.1) is 6.61 Å². The zero-order valence-electron chi connectivity index (χ0n) is 15.7. The van der Waals surface area contributed by atoms with E-state index in [1.807, 2.05) is 20.8 Å². The lowest BCUT2D eigenvalue weighted by Crippen LogP contribution is -2.47. The van der Waals surface area contributed by atoms with Crippen molar-refractivity contribution in [2.75, 3.05) is 11.9 Å². The number of hydrogen-bond acceptors (Lipinski definition) is 6. The van der Waals surface area contributed by atoms with Gasteiger partial charge >= 0.3 is 0 Å². The van der Waals surface area contributed by atoms with Crippen LogP contribution >= 0.6 is 11.3 Å². The zero-order valence-corrected chi connectivity index (χ0v) is 16.5. The normalized spacial score (nSPS) is 14.7. The van der Waals surface area contributed by atoms with E-state index in [2.05, 4.69) is 20.8 Å². The van der Waals surface area contributed by atoms with Crippen molar-refractivity contribution in [3.63, 3.8) is 0 Å². The standard InChI is InChI=1S/C19H24N4O3S/c1-4-26-14-9-7-12(8-10-14)16(24)20-15(11(2)3)17(25)21-19-23-22-18(27-19)13-5-6-13/h7-11,13,15H,4-6H2,1-3H3,(H,20,24)(H,21,23,25). The maximum Gasteiger partial charge on any atom is 0.251 e. The van der Waals surface area contributed by atoms with Gasteiger partial charge in [-0.3, -0.25) is 14.9 Å².